The average Bonchev–Trinajstić information content (AvgIpc) is 2.91. The van der Waals surface area contributed by atoms with Crippen LogP contribution in [0, 0.1) is 6.92 Å². The van der Waals surface area contributed by atoms with E-state index in [0.717, 1.165) is 43.8 Å². The number of hydrogen-bond acceptors (Lipinski definition) is 4. The first kappa shape index (κ1) is 14.5. The van der Waals surface area contributed by atoms with Crippen molar-refractivity contribution in [2.24, 2.45) is 0 Å². The van der Waals surface area contributed by atoms with E-state index in [1.54, 1.807) is 0 Å². The SMILES string of the molecule is Cc1cccn2cc(CN3CCC(OCCO)CC3)nc12. The first-order valence-corrected chi connectivity index (χ1v) is 7.64. The zero-order valence-corrected chi connectivity index (χ0v) is 12.5. The van der Waals surface area contributed by atoms with Crippen molar-refractivity contribution in [2.45, 2.75) is 32.4 Å². The summed E-state index contributed by atoms with van der Waals surface area (Å²) in [5, 5.41) is 8.79. The summed E-state index contributed by atoms with van der Waals surface area (Å²) in [4.78, 5) is 7.16. The molecule has 0 unspecified atom stereocenters. The smallest absolute Gasteiger partial charge is 0.139 e. The van der Waals surface area contributed by atoms with Gasteiger partial charge in [0.15, 0.2) is 0 Å². The third-order valence-electron chi connectivity index (χ3n) is 4.09. The molecule has 5 heteroatoms. The Labute approximate surface area is 125 Å². The summed E-state index contributed by atoms with van der Waals surface area (Å²) in [5.74, 6) is 0. The Morgan fingerprint density at radius 1 is 1.38 bits per heavy atom. The van der Waals surface area contributed by atoms with Crippen LogP contribution in [-0.2, 0) is 11.3 Å². The highest BCUT2D eigenvalue weighted by Gasteiger charge is 2.20. The highest BCUT2D eigenvalue weighted by molar-refractivity contribution is 5.47. The second kappa shape index (κ2) is 6.56. The average molecular weight is 289 g/mol. The molecule has 1 aliphatic heterocycles. The molecule has 0 atom stereocenters. The minimum Gasteiger partial charge on any atom is -0.394 e. The summed E-state index contributed by atoms with van der Waals surface area (Å²) >= 11 is 0. The number of aryl methyl sites for hydroxylation is 1. The van der Waals surface area contributed by atoms with E-state index >= 15 is 0 Å². The number of imidazole rings is 1. The zero-order valence-electron chi connectivity index (χ0n) is 12.5. The summed E-state index contributed by atoms with van der Waals surface area (Å²) in [6.07, 6.45) is 6.54. The van der Waals surface area contributed by atoms with Gasteiger partial charge >= 0.3 is 0 Å². The van der Waals surface area contributed by atoms with Gasteiger partial charge in [0.25, 0.3) is 0 Å². The second-order valence-corrected chi connectivity index (χ2v) is 5.72. The van der Waals surface area contributed by atoms with Gasteiger partial charge in [-0.05, 0) is 31.4 Å². The van der Waals surface area contributed by atoms with E-state index in [0.29, 0.717) is 12.7 Å². The van der Waals surface area contributed by atoms with Crippen molar-refractivity contribution in [2.75, 3.05) is 26.3 Å². The number of hydrogen-bond donors (Lipinski definition) is 1. The summed E-state index contributed by atoms with van der Waals surface area (Å²) < 4.78 is 7.70. The van der Waals surface area contributed by atoms with E-state index in [2.05, 4.69) is 34.6 Å². The molecule has 1 fully saturated rings. The standard InChI is InChI=1S/C16H23N3O2/c1-13-3-2-6-19-12-14(17-16(13)19)11-18-7-4-15(5-8-18)21-10-9-20/h2-3,6,12,15,20H,4-5,7-11H2,1H3. The van der Waals surface area contributed by atoms with Gasteiger partial charge in [-0.3, -0.25) is 4.90 Å². The van der Waals surface area contributed by atoms with Crippen LogP contribution in [0.3, 0.4) is 0 Å². The maximum Gasteiger partial charge on any atom is 0.139 e. The molecule has 0 aromatic carbocycles. The van der Waals surface area contributed by atoms with E-state index in [4.69, 9.17) is 14.8 Å². The van der Waals surface area contributed by atoms with Crippen molar-refractivity contribution in [1.29, 1.82) is 0 Å². The molecule has 1 N–H and O–H groups in total. The predicted octanol–water partition coefficient (Wildman–Crippen LogP) is 1.62. The van der Waals surface area contributed by atoms with Gasteiger partial charge < -0.3 is 14.2 Å². The third kappa shape index (κ3) is 3.43. The van der Waals surface area contributed by atoms with Gasteiger partial charge in [-0.2, -0.15) is 0 Å². The zero-order chi connectivity index (χ0) is 14.7. The van der Waals surface area contributed by atoms with Gasteiger partial charge in [0, 0.05) is 32.0 Å². The van der Waals surface area contributed by atoms with Crippen molar-refractivity contribution in [1.82, 2.24) is 14.3 Å². The highest BCUT2D eigenvalue weighted by Crippen LogP contribution is 2.17. The summed E-state index contributed by atoms with van der Waals surface area (Å²) in [5.41, 5.74) is 3.38. The first-order valence-electron chi connectivity index (χ1n) is 7.64. The number of aromatic nitrogens is 2. The fourth-order valence-corrected chi connectivity index (χ4v) is 2.96. The molecule has 2 aromatic rings. The number of piperidine rings is 1. The molecule has 3 heterocycles. The molecule has 21 heavy (non-hydrogen) atoms. The number of pyridine rings is 1. The normalized spacial score (nSPS) is 17.6. The minimum atomic E-state index is 0.112. The lowest BCUT2D eigenvalue weighted by Crippen LogP contribution is -2.37. The Balaban J connectivity index is 1.58. The number of likely N-dealkylation sites (tertiary alicyclic amines) is 1. The van der Waals surface area contributed by atoms with Crippen molar-refractivity contribution >= 4 is 5.65 Å². The van der Waals surface area contributed by atoms with Crippen LogP contribution in [0.4, 0.5) is 0 Å². The maximum absolute atomic E-state index is 8.79. The van der Waals surface area contributed by atoms with E-state index in [1.165, 1.54) is 5.56 Å². The molecule has 5 nitrogen and oxygen atoms in total. The Bertz CT molecular complexity index is 588. The van der Waals surface area contributed by atoms with Crippen molar-refractivity contribution in [3.63, 3.8) is 0 Å². The molecule has 3 rings (SSSR count). The highest BCUT2D eigenvalue weighted by atomic mass is 16.5. The molecule has 0 radical (unpaired) electrons. The topological polar surface area (TPSA) is 50.0 Å². The fraction of sp³-hybridized carbons (Fsp3) is 0.562. The van der Waals surface area contributed by atoms with E-state index in [9.17, 15) is 0 Å². The van der Waals surface area contributed by atoms with Crippen LogP contribution in [0.5, 0.6) is 0 Å². The van der Waals surface area contributed by atoms with Gasteiger partial charge in [0.2, 0.25) is 0 Å². The Kier molecular flexibility index (Phi) is 4.53. The van der Waals surface area contributed by atoms with Crippen molar-refractivity contribution in [3.8, 4) is 0 Å². The van der Waals surface area contributed by atoms with Gasteiger partial charge in [-0.1, -0.05) is 6.07 Å². The lowest BCUT2D eigenvalue weighted by molar-refractivity contribution is -0.00916. The fourth-order valence-electron chi connectivity index (χ4n) is 2.96. The quantitative estimate of drug-likeness (QED) is 0.908. The Hall–Kier alpha value is -1.43. The van der Waals surface area contributed by atoms with Crippen LogP contribution < -0.4 is 0 Å². The van der Waals surface area contributed by atoms with Gasteiger partial charge in [0.05, 0.1) is 25.0 Å². The van der Waals surface area contributed by atoms with Crippen LogP contribution in [0.2, 0.25) is 0 Å². The minimum absolute atomic E-state index is 0.112. The molecule has 2 aromatic heterocycles. The molecule has 0 amide bonds. The predicted molar refractivity (Wildman–Crippen MR) is 81.3 cm³/mol. The van der Waals surface area contributed by atoms with Gasteiger partial charge in [-0.15, -0.1) is 0 Å². The Morgan fingerprint density at radius 3 is 2.90 bits per heavy atom. The first-order chi connectivity index (χ1) is 10.3. The molecule has 0 spiro atoms. The summed E-state index contributed by atoms with van der Waals surface area (Å²) in [7, 11) is 0. The molecular weight excluding hydrogens is 266 g/mol. The molecular formula is C16H23N3O2. The number of aliphatic hydroxyl groups is 1. The van der Waals surface area contributed by atoms with Crippen LogP contribution in [0.1, 0.15) is 24.1 Å². The molecule has 114 valence electrons. The number of rotatable bonds is 5. The lowest BCUT2D eigenvalue weighted by Gasteiger charge is -2.31. The summed E-state index contributed by atoms with van der Waals surface area (Å²) in [6, 6.07) is 4.15. The van der Waals surface area contributed by atoms with E-state index in [1.807, 2.05) is 6.20 Å². The maximum atomic E-state index is 8.79. The molecule has 1 aliphatic rings. The van der Waals surface area contributed by atoms with Crippen LogP contribution >= 0.6 is 0 Å². The van der Waals surface area contributed by atoms with Crippen LogP contribution in [-0.4, -0.2) is 51.8 Å². The van der Waals surface area contributed by atoms with Gasteiger partial charge in [-0.25, -0.2) is 4.98 Å². The molecule has 1 saturated heterocycles. The summed E-state index contributed by atoms with van der Waals surface area (Å²) in [6.45, 7) is 5.62. The van der Waals surface area contributed by atoms with E-state index < -0.39 is 0 Å². The monoisotopic (exact) mass is 289 g/mol. The molecule has 0 aliphatic carbocycles. The lowest BCUT2D eigenvalue weighted by atomic mass is 10.1. The number of nitrogens with zero attached hydrogens (tertiary/aromatic N) is 3. The van der Waals surface area contributed by atoms with Crippen molar-refractivity contribution in [3.05, 3.63) is 35.8 Å². The number of aliphatic hydroxyl groups excluding tert-OH is 1. The Morgan fingerprint density at radius 2 is 2.19 bits per heavy atom. The van der Waals surface area contributed by atoms with E-state index in [-0.39, 0.29) is 6.61 Å². The molecule has 0 saturated carbocycles. The largest absolute Gasteiger partial charge is 0.394 e. The van der Waals surface area contributed by atoms with Crippen molar-refractivity contribution < 1.29 is 9.84 Å². The second-order valence-electron chi connectivity index (χ2n) is 5.72. The third-order valence-corrected chi connectivity index (χ3v) is 4.09. The van der Waals surface area contributed by atoms with Gasteiger partial charge in [0.1, 0.15) is 5.65 Å². The van der Waals surface area contributed by atoms with Crippen LogP contribution in [0.15, 0.2) is 24.5 Å². The number of ether oxygens (including phenoxy) is 1. The molecule has 0 bridgehead atoms. The van der Waals surface area contributed by atoms with Crippen LogP contribution in [0.25, 0.3) is 5.65 Å². The number of fused-ring (bicyclic) bond motifs is 1.